The van der Waals surface area contributed by atoms with Crippen LogP contribution >= 0.6 is 34.4 Å². The van der Waals surface area contributed by atoms with E-state index in [1.165, 1.54) is 6.33 Å². The molecule has 0 spiro atoms. The molecule has 0 atom stereocenters. The van der Waals surface area contributed by atoms with E-state index in [9.17, 15) is 0 Å². The molecule has 4 rings (SSSR count). The second-order valence-corrected chi connectivity index (χ2v) is 10.1. The molecule has 0 fully saturated rings. The average molecular weight is 526 g/mol. The molecule has 3 aromatic rings. The van der Waals surface area contributed by atoms with Crippen molar-refractivity contribution in [2.45, 2.75) is 37.4 Å². The molecule has 3 N–H and O–H groups in total. The topological polar surface area (TPSA) is 100 Å². The average Bonchev–Trinajstić information content (AvgIpc) is 3.23. The van der Waals surface area contributed by atoms with E-state index in [2.05, 4.69) is 63.2 Å². The Labute approximate surface area is 187 Å². The Hall–Kier alpha value is -1.79. The molecule has 0 aliphatic carbocycles. The van der Waals surface area contributed by atoms with Crippen molar-refractivity contribution in [2.24, 2.45) is 5.41 Å². The summed E-state index contributed by atoms with van der Waals surface area (Å²) >= 11 is 3.86. The highest BCUT2D eigenvalue weighted by atomic mass is 127. The largest absolute Gasteiger partial charge is 0.454 e. The number of halogens is 1. The molecule has 0 saturated heterocycles. The molecule has 3 heterocycles. The van der Waals surface area contributed by atoms with E-state index >= 15 is 0 Å². The summed E-state index contributed by atoms with van der Waals surface area (Å²) in [6, 6.07) is 3.97. The molecule has 0 bridgehead atoms. The summed E-state index contributed by atoms with van der Waals surface area (Å²) in [7, 11) is 0. The lowest BCUT2D eigenvalue weighted by molar-refractivity contribution is 0.174. The number of nitrogen functional groups attached to an aromatic ring is 1. The first kappa shape index (κ1) is 20.5. The summed E-state index contributed by atoms with van der Waals surface area (Å²) in [5, 5.41) is 4.33. The van der Waals surface area contributed by atoms with E-state index in [1.54, 1.807) is 11.8 Å². The van der Waals surface area contributed by atoms with Gasteiger partial charge in [0.2, 0.25) is 6.79 Å². The van der Waals surface area contributed by atoms with Crippen molar-refractivity contribution in [3.8, 4) is 11.5 Å². The number of imidazole rings is 1. The maximum atomic E-state index is 6.06. The molecule has 154 valence electrons. The van der Waals surface area contributed by atoms with Crippen LogP contribution in [0.25, 0.3) is 11.2 Å². The Bertz CT molecular complexity index is 1050. The van der Waals surface area contributed by atoms with Gasteiger partial charge in [0.25, 0.3) is 0 Å². The molecule has 10 heteroatoms. The maximum absolute atomic E-state index is 6.06. The summed E-state index contributed by atoms with van der Waals surface area (Å²) < 4.78 is 14.2. The number of hydrogen-bond acceptors (Lipinski definition) is 8. The minimum Gasteiger partial charge on any atom is -0.454 e. The second-order valence-electron chi connectivity index (χ2n) is 7.95. The number of rotatable bonds is 6. The van der Waals surface area contributed by atoms with Crippen LogP contribution in [-0.2, 0) is 6.54 Å². The monoisotopic (exact) mass is 526 g/mol. The quantitative estimate of drug-likeness (QED) is 0.372. The van der Waals surface area contributed by atoms with Crippen LogP contribution in [0, 0.1) is 8.99 Å². The van der Waals surface area contributed by atoms with Gasteiger partial charge in [-0.2, -0.15) is 0 Å². The van der Waals surface area contributed by atoms with Gasteiger partial charge in [-0.25, -0.2) is 15.0 Å². The van der Waals surface area contributed by atoms with Crippen LogP contribution in [0.2, 0.25) is 0 Å². The Morgan fingerprint density at radius 1 is 1.24 bits per heavy atom. The van der Waals surface area contributed by atoms with Crippen molar-refractivity contribution in [1.82, 2.24) is 24.8 Å². The molecule has 0 unspecified atom stereocenters. The number of anilines is 1. The Morgan fingerprint density at radius 2 is 2.00 bits per heavy atom. The molecule has 0 radical (unpaired) electrons. The number of benzene rings is 1. The van der Waals surface area contributed by atoms with Crippen molar-refractivity contribution in [1.29, 1.82) is 0 Å². The minimum atomic E-state index is 0.226. The Balaban J connectivity index is 1.64. The van der Waals surface area contributed by atoms with Gasteiger partial charge in [0, 0.05) is 28.1 Å². The van der Waals surface area contributed by atoms with Crippen LogP contribution < -0.4 is 20.5 Å². The molecular formula is C19H23IN6O2S. The zero-order chi connectivity index (χ0) is 20.6. The van der Waals surface area contributed by atoms with Crippen LogP contribution in [0.3, 0.4) is 0 Å². The van der Waals surface area contributed by atoms with Crippen LogP contribution in [-0.4, -0.2) is 39.4 Å². The molecule has 2 aromatic heterocycles. The second kappa shape index (κ2) is 8.15. The number of nitrogens with one attached hydrogen (secondary N) is 1. The highest BCUT2D eigenvalue weighted by molar-refractivity contribution is 14.1. The fourth-order valence-electron chi connectivity index (χ4n) is 2.94. The van der Waals surface area contributed by atoms with Crippen molar-refractivity contribution in [3.05, 3.63) is 22.0 Å². The number of hydrogen-bond donors (Lipinski definition) is 2. The Morgan fingerprint density at radius 3 is 2.76 bits per heavy atom. The van der Waals surface area contributed by atoms with Crippen LogP contribution in [0.15, 0.2) is 28.5 Å². The predicted molar refractivity (Wildman–Crippen MR) is 121 cm³/mol. The smallest absolute Gasteiger partial charge is 0.231 e. The zero-order valence-corrected chi connectivity index (χ0v) is 19.5. The van der Waals surface area contributed by atoms with Crippen molar-refractivity contribution in [3.63, 3.8) is 0 Å². The SMILES string of the molecule is CC(C)(C)CNCCn1c(Sc2cc3c(cc2I)OCO3)nc2c(N)ncnc21. The van der Waals surface area contributed by atoms with Crippen LogP contribution in [0.1, 0.15) is 20.8 Å². The lowest BCUT2D eigenvalue weighted by Gasteiger charge is -2.19. The molecule has 1 aliphatic heterocycles. The lowest BCUT2D eigenvalue weighted by atomic mass is 9.97. The predicted octanol–water partition coefficient (Wildman–Crippen LogP) is 3.53. The first-order valence-corrected chi connectivity index (χ1v) is 11.2. The molecular weight excluding hydrogens is 503 g/mol. The summed E-state index contributed by atoms with van der Waals surface area (Å²) in [5.74, 6) is 1.91. The highest BCUT2D eigenvalue weighted by Crippen LogP contribution is 2.41. The third-order valence-electron chi connectivity index (χ3n) is 4.32. The van der Waals surface area contributed by atoms with Gasteiger partial charge in [0.15, 0.2) is 33.6 Å². The van der Waals surface area contributed by atoms with Crippen molar-refractivity contribution < 1.29 is 9.47 Å². The minimum absolute atomic E-state index is 0.226. The van der Waals surface area contributed by atoms with Gasteiger partial charge in [0.1, 0.15) is 6.33 Å². The van der Waals surface area contributed by atoms with Crippen molar-refractivity contribution in [2.75, 3.05) is 25.6 Å². The van der Waals surface area contributed by atoms with E-state index in [-0.39, 0.29) is 12.2 Å². The number of nitrogens with two attached hydrogens (primary N) is 1. The summed E-state index contributed by atoms with van der Waals surface area (Å²) in [4.78, 5) is 14.3. The first-order valence-electron chi connectivity index (χ1n) is 9.26. The van der Waals surface area contributed by atoms with Gasteiger partial charge in [0.05, 0.1) is 0 Å². The Kier molecular flexibility index (Phi) is 5.76. The fourth-order valence-corrected chi connectivity index (χ4v) is 4.66. The maximum Gasteiger partial charge on any atom is 0.231 e. The molecule has 8 nitrogen and oxygen atoms in total. The number of nitrogens with zero attached hydrogens (tertiary/aromatic N) is 4. The normalized spacial score (nSPS) is 13.4. The third-order valence-corrected chi connectivity index (χ3v) is 6.63. The van der Waals surface area contributed by atoms with Gasteiger partial charge in [-0.3, -0.25) is 0 Å². The number of fused-ring (bicyclic) bond motifs is 2. The van der Waals surface area contributed by atoms with E-state index in [0.29, 0.717) is 11.3 Å². The molecule has 0 saturated carbocycles. The van der Waals surface area contributed by atoms with Gasteiger partial charge < -0.3 is 25.1 Å². The van der Waals surface area contributed by atoms with E-state index in [1.807, 2.05) is 12.1 Å². The van der Waals surface area contributed by atoms with Gasteiger partial charge in [-0.1, -0.05) is 32.5 Å². The van der Waals surface area contributed by atoms with E-state index in [0.717, 1.165) is 50.4 Å². The molecule has 29 heavy (non-hydrogen) atoms. The summed E-state index contributed by atoms with van der Waals surface area (Å²) in [6.07, 6.45) is 1.48. The molecule has 1 aliphatic rings. The van der Waals surface area contributed by atoms with E-state index < -0.39 is 0 Å². The molecule has 0 amide bonds. The standard InChI is InChI=1S/C19H23IN6O2S/c1-19(2,3)8-22-4-5-26-17-15(16(21)23-9-24-17)25-18(26)29-14-7-13-12(6-11(14)20)27-10-28-13/h6-7,9,22H,4-5,8,10H2,1-3H3,(H2,21,23,24). The van der Waals surface area contributed by atoms with Crippen LogP contribution in [0.4, 0.5) is 5.82 Å². The summed E-state index contributed by atoms with van der Waals surface area (Å²) in [6.45, 7) is 9.35. The first-order chi connectivity index (χ1) is 13.8. The lowest BCUT2D eigenvalue weighted by Crippen LogP contribution is -2.29. The van der Waals surface area contributed by atoms with E-state index in [4.69, 9.17) is 20.2 Å². The van der Waals surface area contributed by atoms with Gasteiger partial charge >= 0.3 is 0 Å². The number of aromatic nitrogens is 4. The molecule has 1 aromatic carbocycles. The zero-order valence-electron chi connectivity index (χ0n) is 16.5. The highest BCUT2D eigenvalue weighted by Gasteiger charge is 2.21. The fraction of sp³-hybridized carbons (Fsp3) is 0.421. The van der Waals surface area contributed by atoms with Crippen LogP contribution in [0.5, 0.6) is 11.5 Å². The third kappa shape index (κ3) is 4.53. The van der Waals surface area contributed by atoms with Gasteiger partial charge in [-0.15, -0.1) is 0 Å². The van der Waals surface area contributed by atoms with Crippen molar-refractivity contribution >= 4 is 51.3 Å². The van der Waals surface area contributed by atoms with Gasteiger partial charge in [-0.05, 0) is 40.1 Å². The number of ether oxygens (including phenoxy) is 2. The summed E-state index contributed by atoms with van der Waals surface area (Å²) in [5.41, 5.74) is 7.65.